The Morgan fingerprint density at radius 1 is 0.372 bits per heavy atom. The predicted molar refractivity (Wildman–Crippen MR) is 370 cm³/mol. The smallest absolute Gasteiger partial charge is 0.220 e. The van der Waals surface area contributed by atoms with E-state index in [1.165, 1.54) is 244 Å². The van der Waals surface area contributed by atoms with Crippen molar-refractivity contribution in [3.63, 3.8) is 0 Å². The maximum atomic E-state index is 13.5. The monoisotopic (exact) mass is 1350 g/mol. The highest BCUT2D eigenvalue weighted by Crippen LogP contribution is 2.33. The van der Waals surface area contributed by atoms with Gasteiger partial charge in [0.15, 0.2) is 18.9 Å². The molecule has 556 valence electrons. The molecule has 3 saturated heterocycles. The van der Waals surface area contributed by atoms with Gasteiger partial charge in [0.2, 0.25) is 5.91 Å². The predicted octanol–water partition coefficient (Wildman–Crippen LogP) is 12.0. The number of aliphatic hydroxyl groups is 11. The molecule has 0 aromatic rings. The van der Waals surface area contributed by atoms with Crippen LogP contribution in [0.5, 0.6) is 0 Å². The SMILES string of the molecule is CCCCCCCC/C=C\CCCCCCCCCCCC(=O)NC(COC1OC(CO)C(OC2OC(CO)C(OC3OC(CO)C(O)C(O)C3O)C(O)C2O)C(O)C1O)C(O)CCCCCCCCCCCCCCCCCCCCCCCCCCCCCCCC. The second-order valence-electron chi connectivity index (χ2n) is 28.2. The second-order valence-corrected chi connectivity index (χ2v) is 28.2. The zero-order valence-electron chi connectivity index (χ0n) is 59.2. The van der Waals surface area contributed by atoms with Crippen LogP contribution >= 0.6 is 0 Å². The number of carbonyl (C=O) groups excluding carboxylic acids is 1. The van der Waals surface area contributed by atoms with Gasteiger partial charge in [-0.3, -0.25) is 4.79 Å². The molecule has 0 aromatic heterocycles. The van der Waals surface area contributed by atoms with E-state index in [1.807, 2.05) is 0 Å². The first-order valence-electron chi connectivity index (χ1n) is 38.9. The average molecular weight is 1350 g/mol. The summed E-state index contributed by atoms with van der Waals surface area (Å²) in [5.74, 6) is -0.239. The third-order valence-electron chi connectivity index (χ3n) is 19.8. The van der Waals surface area contributed by atoms with Gasteiger partial charge in [-0.1, -0.05) is 296 Å². The minimum Gasteiger partial charge on any atom is -0.394 e. The number of aliphatic hydroxyl groups excluding tert-OH is 11. The van der Waals surface area contributed by atoms with Gasteiger partial charge in [-0.2, -0.15) is 0 Å². The van der Waals surface area contributed by atoms with Crippen LogP contribution in [0.4, 0.5) is 0 Å². The molecule has 0 bridgehead atoms. The van der Waals surface area contributed by atoms with Gasteiger partial charge in [-0.05, 0) is 38.5 Å². The lowest BCUT2D eigenvalue weighted by molar-refractivity contribution is -0.379. The number of amides is 1. The number of hydrogen-bond donors (Lipinski definition) is 12. The third-order valence-corrected chi connectivity index (χ3v) is 19.8. The van der Waals surface area contributed by atoms with E-state index in [2.05, 4.69) is 31.3 Å². The summed E-state index contributed by atoms with van der Waals surface area (Å²) < 4.78 is 34.5. The van der Waals surface area contributed by atoms with Crippen LogP contribution in [0, 0.1) is 0 Å². The molecule has 0 aromatic carbocycles. The van der Waals surface area contributed by atoms with Gasteiger partial charge >= 0.3 is 0 Å². The van der Waals surface area contributed by atoms with Gasteiger partial charge in [0.1, 0.15) is 73.2 Å². The fourth-order valence-corrected chi connectivity index (χ4v) is 13.5. The Morgan fingerprint density at radius 3 is 1.03 bits per heavy atom. The summed E-state index contributed by atoms with van der Waals surface area (Å²) in [5, 5.41) is 121. The van der Waals surface area contributed by atoms with E-state index >= 15 is 0 Å². The van der Waals surface area contributed by atoms with E-state index < -0.39 is 124 Å². The molecule has 0 aliphatic carbocycles. The quantitative estimate of drug-likeness (QED) is 0.0199. The Hall–Kier alpha value is -1.47. The lowest BCUT2D eigenvalue weighted by Gasteiger charge is -2.48. The zero-order chi connectivity index (χ0) is 68.2. The minimum absolute atomic E-state index is 0.239. The van der Waals surface area contributed by atoms with Crippen molar-refractivity contribution in [2.45, 2.75) is 433 Å². The van der Waals surface area contributed by atoms with Crippen LogP contribution in [0.1, 0.15) is 328 Å². The highest BCUT2D eigenvalue weighted by molar-refractivity contribution is 5.76. The van der Waals surface area contributed by atoms with E-state index in [4.69, 9.17) is 28.4 Å². The number of unbranched alkanes of at least 4 members (excludes halogenated alkanes) is 44. The highest BCUT2D eigenvalue weighted by atomic mass is 16.8. The molecule has 3 aliphatic rings. The van der Waals surface area contributed by atoms with Crippen molar-refractivity contribution in [2.75, 3.05) is 26.4 Å². The largest absolute Gasteiger partial charge is 0.394 e. The Balaban J connectivity index is 1.37. The fourth-order valence-electron chi connectivity index (χ4n) is 13.5. The summed E-state index contributed by atoms with van der Waals surface area (Å²) in [7, 11) is 0. The van der Waals surface area contributed by atoms with Crippen molar-refractivity contribution in [3.8, 4) is 0 Å². The van der Waals surface area contributed by atoms with Crippen molar-refractivity contribution < 1.29 is 89.4 Å². The van der Waals surface area contributed by atoms with Crippen LogP contribution in [-0.4, -0.2) is 193 Å². The number of ether oxygens (including phenoxy) is 6. The molecule has 17 unspecified atom stereocenters. The molecule has 3 heterocycles. The van der Waals surface area contributed by atoms with Crippen LogP contribution in [0.25, 0.3) is 0 Å². The van der Waals surface area contributed by atoms with Gasteiger partial charge < -0.3 is 89.9 Å². The van der Waals surface area contributed by atoms with Crippen molar-refractivity contribution in [1.82, 2.24) is 5.32 Å². The Bertz CT molecular complexity index is 1750. The van der Waals surface area contributed by atoms with Crippen LogP contribution in [0.15, 0.2) is 12.2 Å². The average Bonchev–Trinajstić information content (AvgIpc) is 0.787. The molecule has 0 spiro atoms. The first-order chi connectivity index (χ1) is 45.8. The second kappa shape index (κ2) is 57.2. The van der Waals surface area contributed by atoms with Gasteiger partial charge in [0.25, 0.3) is 0 Å². The number of allylic oxidation sites excluding steroid dienone is 2. The van der Waals surface area contributed by atoms with E-state index in [9.17, 15) is 61.0 Å². The molecule has 0 saturated carbocycles. The Morgan fingerprint density at radius 2 is 0.670 bits per heavy atom. The number of nitrogens with one attached hydrogen (secondary N) is 1. The molecule has 17 atom stereocenters. The lowest BCUT2D eigenvalue weighted by atomic mass is 9.96. The summed E-state index contributed by atoms with van der Waals surface area (Å²) >= 11 is 0. The van der Waals surface area contributed by atoms with Gasteiger partial charge in [-0.25, -0.2) is 0 Å². The van der Waals surface area contributed by atoms with Crippen LogP contribution in [0.3, 0.4) is 0 Å². The summed E-state index contributed by atoms with van der Waals surface area (Å²) in [5.41, 5.74) is 0. The number of hydrogen-bond acceptors (Lipinski definition) is 18. The van der Waals surface area contributed by atoms with Gasteiger partial charge in [0.05, 0.1) is 38.6 Å². The molecule has 3 fully saturated rings. The van der Waals surface area contributed by atoms with Crippen molar-refractivity contribution in [2.24, 2.45) is 0 Å². The van der Waals surface area contributed by atoms with Gasteiger partial charge in [0, 0.05) is 6.42 Å². The summed E-state index contributed by atoms with van der Waals surface area (Å²) in [6.45, 7) is 1.85. The molecule has 12 N–H and O–H groups in total. The molecule has 19 nitrogen and oxygen atoms in total. The molecule has 3 rings (SSSR count). The summed E-state index contributed by atoms with van der Waals surface area (Å²) in [4.78, 5) is 13.5. The van der Waals surface area contributed by atoms with Crippen molar-refractivity contribution in [1.29, 1.82) is 0 Å². The van der Waals surface area contributed by atoms with Gasteiger partial charge in [-0.15, -0.1) is 0 Å². The third kappa shape index (κ3) is 37.8. The molecule has 94 heavy (non-hydrogen) atoms. The van der Waals surface area contributed by atoms with E-state index in [1.54, 1.807) is 0 Å². The number of rotatable bonds is 62. The topological polar surface area (TPSA) is 307 Å². The van der Waals surface area contributed by atoms with E-state index in [0.29, 0.717) is 12.8 Å². The summed E-state index contributed by atoms with van der Waals surface area (Å²) in [6, 6.07) is -0.887. The Kier molecular flexibility index (Phi) is 52.8. The highest BCUT2D eigenvalue weighted by Gasteiger charge is 2.54. The molecular formula is C75H143NO18. The zero-order valence-corrected chi connectivity index (χ0v) is 59.2. The molecule has 3 aliphatic heterocycles. The van der Waals surface area contributed by atoms with Crippen LogP contribution in [-0.2, 0) is 33.2 Å². The Labute approximate surface area is 569 Å². The van der Waals surface area contributed by atoms with E-state index in [-0.39, 0.29) is 18.9 Å². The molecule has 19 heteroatoms. The van der Waals surface area contributed by atoms with E-state index in [0.717, 1.165) is 51.4 Å². The first-order valence-corrected chi connectivity index (χ1v) is 38.9. The maximum absolute atomic E-state index is 13.5. The maximum Gasteiger partial charge on any atom is 0.220 e. The van der Waals surface area contributed by atoms with Crippen molar-refractivity contribution in [3.05, 3.63) is 12.2 Å². The molecular weight excluding hydrogens is 1200 g/mol. The first kappa shape index (κ1) is 86.8. The molecule has 1 amide bonds. The minimum atomic E-state index is -1.97. The number of carbonyl (C=O) groups is 1. The molecule has 0 radical (unpaired) electrons. The standard InChI is InChI=1S/C75H143NO18/c1-3-5-7-9-11-13-15-17-19-21-23-24-25-26-27-28-29-30-31-32-33-35-36-38-40-42-44-46-48-50-52-59(80)58(76-63(81)53-51-49-47-45-43-41-39-37-34-22-20-18-16-14-12-10-8-6-4-2)57-89-73-69(87)66(84)71(61(55-78)91-73)94-75-70(88)67(85)72(62(56-79)92-75)93-74-68(86)65(83)64(82)60(54-77)90-74/h18,20,58-62,64-75,77-80,82-88H,3-17,19,21-57H2,1-2H3,(H,76,81)/b20-18-. The lowest BCUT2D eigenvalue weighted by Crippen LogP contribution is -2.66. The summed E-state index contributed by atoms with van der Waals surface area (Å²) in [6.07, 6.45) is 38.7. The van der Waals surface area contributed by atoms with Crippen LogP contribution < -0.4 is 5.32 Å². The van der Waals surface area contributed by atoms with Crippen LogP contribution in [0.2, 0.25) is 0 Å². The fraction of sp³-hybridized carbons (Fsp3) is 0.960. The van der Waals surface area contributed by atoms with Crippen molar-refractivity contribution >= 4 is 5.91 Å². The normalized spacial score (nSPS) is 27.4.